The number of hydrogen-bond acceptors (Lipinski definition) is 3. The summed E-state index contributed by atoms with van der Waals surface area (Å²) in [5, 5.41) is 5.35. The van der Waals surface area contributed by atoms with Crippen molar-refractivity contribution in [1.29, 1.82) is 0 Å². The lowest BCUT2D eigenvalue weighted by atomic mass is 10.2. The van der Waals surface area contributed by atoms with Crippen LogP contribution in [0.5, 0.6) is 11.5 Å². The van der Waals surface area contributed by atoms with E-state index in [1.807, 2.05) is 6.92 Å². The average molecular weight is 525 g/mol. The van der Waals surface area contributed by atoms with E-state index in [-0.39, 0.29) is 48.8 Å². The van der Waals surface area contributed by atoms with Gasteiger partial charge in [-0.2, -0.15) is 22.0 Å². The summed E-state index contributed by atoms with van der Waals surface area (Å²) in [6.07, 6.45) is -4.54. The third-order valence-corrected chi connectivity index (χ3v) is 3.18. The molecule has 0 aliphatic heterocycles. The molecule has 162 valence electrons. The zero-order chi connectivity index (χ0) is 20.3. The molecule has 0 fully saturated rings. The second kappa shape index (κ2) is 13.6. The molecule has 5 nitrogen and oxygen atoms in total. The van der Waals surface area contributed by atoms with Crippen LogP contribution >= 0.6 is 24.0 Å². The molecule has 1 aromatic rings. The van der Waals surface area contributed by atoms with E-state index in [1.54, 1.807) is 13.0 Å². The largest absolute Gasteiger partial charge is 0.493 e. The molecule has 0 unspecified atom stereocenters. The predicted octanol–water partition coefficient (Wildman–Crippen LogP) is 4.70. The van der Waals surface area contributed by atoms with Crippen molar-refractivity contribution in [3.8, 4) is 11.5 Å². The maximum Gasteiger partial charge on any atom is 0.390 e. The summed E-state index contributed by atoms with van der Waals surface area (Å²) in [5.74, 6) is 0.444. The molecule has 28 heavy (non-hydrogen) atoms. The number of aliphatic imine (C=N–C) groups is 1. The van der Waals surface area contributed by atoms with Crippen molar-refractivity contribution in [3.63, 3.8) is 0 Å². The van der Waals surface area contributed by atoms with Crippen LogP contribution in [0.3, 0.4) is 0 Å². The van der Waals surface area contributed by atoms with Crippen LogP contribution in [0.25, 0.3) is 0 Å². The smallest absolute Gasteiger partial charge is 0.390 e. The highest BCUT2D eigenvalue weighted by Crippen LogP contribution is 2.27. The molecular formula is C17H25F5IN3O2. The van der Waals surface area contributed by atoms with Gasteiger partial charge < -0.3 is 20.1 Å². The van der Waals surface area contributed by atoms with Gasteiger partial charge in [0.05, 0.1) is 19.6 Å². The van der Waals surface area contributed by atoms with Gasteiger partial charge in [-0.3, -0.25) is 0 Å². The lowest BCUT2D eigenvalue weighted by Gasteiger charge is -2.14. The van der Waals surface area contributed by atoms with Crippen molar-refractivity contribution >= 4 is 29.9 Å². The number of nitrogens with zero attached hydrogens (tertiary/aromatic N) is 1. The van der Waals surface area contributed by atoms with Crippen molar-refractivity contribution in [3.05, 3.63) is 23.8 Å². The maximum absolute atomic E-state index is 12.7. The lowest BCUT2D eigenvalue weighted by molar-refractivity contribution is -0.132. The molecule has 2 N–H and O–H groups in total. The highest BCUT2D eigenvalue weighted by Gasteiger charge is 2.26. The maximum atomic E-state index is 12.7. The summed E-state index contributed by atoms with van der Waals surface area (Å²) in [6.45, 7) is 1.10. The molecule has 1 rings (SSSR count). The Morgan fingerprint density at radius 1 is 1.18 bits per heavy atom. The second-order valence-electron chi connectivity index (χ2n) is 5.48. The van der Waals surface area contributed by atoms with Gasteiger partial charge in [-0.1, -0.05) is 6.92 Å². The Labute approximate surface area is 178 Å². The minimum Gasteiger partial charge on any atom is -0.493 e. The van der Waals surface area contributed by atoms with E-state index in [4.69, 9.17) is 4.74 Å². The van der Waals surface area contributed by atoms with E-state index in [0.717, 1.165) is 6.42 Å². The molecule has 0 aliphatic carbocycles. The van der Waals surface area contributed by atoms with Gasteiger partial charge >= 0.3 is 12.8 Å². The summed E-state index contributed by atoms with van der Waals surface area (Å²) in [6, 6.07) is 4.48. The van der Waals surface area contributed by atoms with Gasteiger partial charge in [0, 0.05) is 24.7 Å². The molecule has 11 heteroatoms. The van der Waals surface area contributed by atoms with Crippen LogP contribution in [0.2, 0.25) is 0 Å². The van der Waals surface area contributed by atoms with Crippen molar-refractivity contribution in [2.75, 3.05) is 19.7 Å². The first-order valence-electron chi connectivity index (χ1n) is 8.54. The van der Waals surface area contributed by atoms with Crippen molar-refractivity contribution in [2.45, 2.75) is 46.0 Å². The van der Waals surface area contributed by atoms with Crippen LogP contribution in [0.15, 0.2) is 23.2 Å². The quantitative estimate of drug-likeness (QED) is 0.201. The highest BCUT2D eigenvalue weighted by molar-refractivity contribution is 14.0. The van der Waals surface area contributed by atoms with Gasteiger partial charge in [-0.15, -0.1) is 24.0 Å². The van der Waals surface area contributed by atoms with Crippen LogP contribution in [0, 0.1) is 0 Å². The van der Waals surface area contributed by atoms with Gasteiger partial charge in [0.1, 0.15) is 11.5 Å². The minimum atomic E-state index is -4.28. The Hall–Kier alpha value is -1.53. The number of hydrogen-bond donors (Lipinski definition) is 2. The number of rotatable bonds is 10. The van der Waals surface area contributed by atoms with Gasteiger partial charge in [0.2, 0.25) is 0 Å². The molecule has 0 bridgehead atoms. The molecule has 0 aromatic heterocycles. The van der Waals surface area contributed by atoms with Crippen LogP contribution in [0.1, 0.15) is 32.3 Å². The predicted molar refractivity (Wildman–Crippen MR) is 108 cm³/mol. The summed E-state index contributed by atoms with van der Waals surface area (Å²) >= 11 is 0. The average Bonchev–Trinajstić information content (AvgIpc) is 2.57. The molecule has 0 saturated carbocycles. The SMILES string of the molecule is CCCOc1ccc(CN=C(NCC)NCCC(F)(F)F)c(OC(F)F)c1.I. The third-order valence-electron chi connectivity index (χ3n) is 3.18. The molecule has 0 amide bonds. The highest BCUT2D eigenvalue weighted by atomic mass is 127. The Balaban J connectivity index is 0.00000729. The molecule has 0 aliphatic rings. The molecule has 0 heterocycles. The van der Waals surface area contributed by atoms with E-state index >= 15 is 0 Å². The van der Waals surface area contributed by atoms with Crippen LogP contribution in [-0.4, -0.2) is 38.4 Å². The Bertz CT molecular complexity index is 601. The van der Waals surface area contributed by atoms with Crippen LogP contribution in [0.4, 0.5) is 22.0 Å². The summed E-state index contributed by atoms with van der Waals surface area (Å²) < 4.78 is 71.9. The number of guanidine groups is 1. The fourth-order valence-corrected chi connectivity index (χ4v) is 2.01. The van der Waals surface area contributed by atoms with Crippen LogP contribution in [-0.2, 0) is 6.54 Å². The van der Waals surface area contributed by atoms with Crippen molar-refractivity contribution < 1.29 is 31.4 Å². The lowest BCUT2D eigenvalue weighted by Crippen LogP contribution is -2.38. The van der Waals surface area contributed by atoms with Crippen molar-refractivity contribution in [1.82, 2.24) is 10.6 Å². The Morgan fingerprint density at radius 3 is 2.46 bits per heavy atom. The third kappa shape index (κ3) is 11.3. The van der Waals surface area contributed by atoms with Gasteiger partial charge in [0.15, 0.2) is 5.96 Å². The monoisotopic (exact) mass is 525 g/mol. The number of benzene rings is 1. The number of nitrogens with one attached hydrogen (secondary N) is 2. The first-order chi connectivity index (χ1) is 12.7. The van der Waals surface area contributed by atoms with E-state index < -0.39 is 19.2 Å². The summed E-state index contributed by atoms with van der Waals surface area (Å²) in [7, 11) is 0. The topological polar surface area (TPSA) is 54.9 Å². The van der Waals surface area contributed by atoms with E-state index in [1.165, 1.54) is 12.1 Å². The molecule has 0 saturated heterocycles. The number of ether oxygens (including phenoxy) is 2. The molecule has 0 atom stereocenters. The van der Waals surface area contributed by atoms with E-state index in [9.17, 15) is 22.0 Å². The van der Waals surface area contributed by atoms with Gasteiger partial charge in [-0.05, 0) is 25.5 Å². The minimum absolute atomic E-state index is 0. The zero-order valence-electron chi connectivity index (χ0n) is 15.6. The molecule has 1 aromatic carbocycles. The molecule has 0 radical (unpaired) electrons. The van der Waals surface area contributed by atoms with E-state index in [2.05, 4.69) is 20.4 Å². The van der Waals surface area contributed by atoms with E-state index in [0.29, 0.717) is 24.5 Å². The second-order valence-corrected chi connectivity index (χ2v) is 5.48. The van der Waals surface area contributed by atoms with Crippen LogP contribution < -0.4 is 20.1 Å². The number of alkyl halides is 5. The summed E-state index contributed by atoms with van der Waals surface area (Å²) in [4.78, 5) is 4.12. The first-order valence-corrected chi connectivity index (χ1v) is 8.54. The fraction of sp³-hybridized carbons (Fsp3) is 0.588. The normalized spacial score (nSPS) is 11.8. The Morgan fingerprint density at radius 2 is 1.89 bits per heavy atom. The standard InChI is InChI=1S/C17H24F5N3O2.HI/c1-3-9-26-13-6-5-12(14(10-13)27-15(18)19)11-25-16(23-4-2)24-8-7-17(20,21)22;/h5-6,10,15H,3-4,7-9,11H2,1-2H3,(H2,23,24,25);1H. The van der Waals surface area contributed by atoms with Gasteiger partial charge in [-0.25, -0.2) is 4.99 Å². The van der Waals surface area contributed by atoms with Gasteiger partial charge in [0.25, 0.3) is 0 Å². The fourth-order valence-electron chi connectivity index (χ4n) is 2.01. The van der Waals surface area contributed by atoms with Crippen molar-refractivity contribution in [2.24, 2.45) is 4.99 Å². The summed E-state index contributed by atoms with van der Waals surface area (Å²) in [5.41, 5.74) is 0.354. The zero-order valence-corrected chi connectivity index (χ0v) is 17.9. The Kier molecular flexibility index (Phi) is 12.9. The molecular weight excluding hydrogens is 500 g/mol. The number of halogens is 6. The first kappa shape index (κ1) is 26.5. The molecule has 0 spiro atoms.